The predicted octanol–water partition coefficient (Wildman–Crippen LogP) is 4.86. The number of rotatable bonds is 7. The largest absolute Gasteiger partial charge is 0.457 e. The number of ether oxygens (including phenoxy) is 5. The number of hydrogen-bond acceptors (Lipinski definition) is 11. The summed E-state index contributed by atoms with van der Waals surface area (Å²) >= 11 is 0. The first-order valence-corrected chi connectivity index (χ1v) is 21.6. The van der Waals surface area contributed by atoms with Crippen molar-refractivity contribution in [1.82, 2.24) is 9.80 Å². The van der Waals surface area contributed by atoms with Gasteiger partial charge < -0.3 is 44.5 Å². The average molecular weight is 774 g/mol. The fraction of sp³-hybridized carbons (Fsp3) is 0.953. The van der Waals surface area contributed by atoms with E-state index in [4.69, 9.17) is 29.4 Å². The van der Waals surface area contributed by atoms with Gasteiger partial charge in [-0.25, -0.2) is 4.79 Å². The van der Waals surface area contributed by atoms with E-state index in [1.54, 1.807) is 18.7 Å². The minimum atomic E-state index is -1.28. The van der Waals surface area contributed by atoms with Crippen LogP contribution in [0.2, 0.25) is 0 Å². The second-order valence-corrected chi connectivity index (χ2v) is 21.8. The number of hydrogen-bond donors (Lipinski definition) is 3. The van der Waals surface area contributed by atoms with Crippen LogP contribution in [0.4, 0.5) is 4.79 Å². The predicted molar refractivity (Wildman–Crippen MR) is 205 cm³/mol. The molecule has 3 saturated heterocycles. The van der Waals surface area contributed by atoms with Crippen LogP contribution >= 0.6 is 0 Å². The topological polar surface area (TPSA) is 153 Å². The molecule has 0 aromatic rings. The van der Waals surface area contributed by atoms with Crippen LogP contribution in [0.3, 0.4) is 0 Å². The highest BCUT2D eigenvalue weighted by Gasteiger charge is 2.85. The Morgan fingerprint density at radius 3 is 2.31 bits per heavy atom. The first kappa shape index (κ1) is 40.2. The van der Waals surface area contributed by atoms with Crippen LogP contribution in [0.15, 0.2) is 0 Å². The summed E-state index contributed by atoms with van der Waals surface area (Å²) in [6.07, 6.45) is 5.91. The molecule has 4 N–H and O–H groups in total. The van der Waals surface area contributed by atoms with Crippen molar-refractivity contribution >= 4 is 12.1 Å². The third-order valence-corrected chi connectivity index (χ3v) is 16.8. The van der Waals surface area contributed by atoms with Gasteiger partial charge in [-0.05, 0) is 132 Å². The standard InChI is InChI=1S/C43H71N3O9/c1-25(47)52-35(39(7,8)50)28-11-10-27-33(53-28)34(48)43(44)30-13-12-29-38(5,6)31(14-15-41(29)24-42(30,41)17-16-40(27,43)9)54-32-23-45(18-19-51-32)20-26-21-46(22-26)36(49)55-37(2,3)4/h26-35,48,50H,10-24,44H2,1-9H3. The van der Waals surface area contributed by atoms with Gasteiger partial charge in [0.25, 0.3) is 0 Å². The molecule has 3 heterocycles. The van der Waals surface area contributed by atoms with Gasteiger partial charge in [0, 0.05) is 45.6 Å². The van der Waals surface area contributed by atoms with Crippen molar-refractivity contribution in [2.24, 2.45) is 51.1 Å². The van der Waals surface area contributed by atoms with E-state index >= 15 is 0 Å². The Bertz CT molecular complexity index is 1510. The maximum atomic E-state index is 12.5. The van der Waals surface area contributed by atoms with Gasteiger partial charge in [-0.1, -0.05) is 20.8 Å². The lowest BCUT2D eigenvalue weighted by Crippen LogP contribution is -2.70. The summed E-state index contributed by atoms with van der Waals surface area (Å²) in [7, 11) is 0. The van der Waals surface area contributed by atoms with Crippen LogP contribution in [-0.4, -0.2) is 125 Å². The zero-order chi connectivity index (χ0) is 39.7. The number of esters is 1. The highest BCUT2D eigenvalue weighted by molar-refractivity contribution is 5.69. The van der Waals surface area contributed by atoms with E-state index in [0.29, 0.717) is 24.9 Å². The molecule has 2 spiro atoms. The molecule has 0 bridgehead atoms. The second-order valence-electron chi connectivity index (χ2n) is 21.8. The maximum absolute atomic E-state index is 12.5. The highest BCUT2D eigenvalue weighted by Crippen LogP contribution is 2.87. The summed E-state index contributed by atoms with van der Waals surface area (Å²) < 4.78 is 31.1. The van der Waals surface area contributed by atoms with Crippen LogP contribution in [-0.2, 0) is 28.5 Å². The molecule has 312 valence electrons. The summed E-state index contributed by atoms with van der Waals surface area (Å²) in [5, 5.41) is 23.4. The van der Waals surface area contributed by atoms with Gasteiger partial charge in [0.1, 0.15) is 5.60 Å². The Kier molecular flexibility index (Phi) is 9.68. The number of morpholine rings is 1. The molecular formula is C43H71N3O9. The van der Waals surface area contributed by atoms with E-state index in [9.17, 15) is 19.8 Å². The number of fused-ring (bicyclic) bond motifs is 4. The first-order chi connectivity index (χ1) is 25.6. The molecule has 5 aliphatic carbocycles. The number of aliphatic hydroxyl groups excluding tert-OH is 1. The van der Waals surface area contributed by atoms with Crippen molar-refractivity contribution in [2.45, 2.75) is 174 Å². The third-order valence-electron chi connectivity index (χ3n) is 16.8. The molecule has 5 saturated carbocycles. The first-order valence-electron chi connectivity index (χ1n) is 21.6. The van der Waals surface area contributed by atoms with Crippen LogP contribution in [0.25, 0.3) is 0 Å². The molecular weight excluding hydrogens is 702 g/mol. The smallest absolute Gasteiger partial charge is 0.410 e. The highest BCUT2D eigenvalue weighted by atomic mass is 16.7. The number of likely N-dealkylation sites (tertiary alicyclic amines) is 1. The zero-order valence-electron chi connectivity index (χ0n) is 35.1. The van der Waals surface area contributed by atoms with Gasteiger partial charge in [0.05, 0.1) is 42.2 Å². The number of aliphatic hydroxyl groups is 2. The second kappa shape index (κ2) is 13.2. The lowest BCUT2D eigenvalue weighted by Gasteiger charge is -2.63. The summed E-state index contributed by atoms with van der Waals surface area (Å²) in [5.74, 6) is 0.805. The number of carbonyl (C=O) groups is 2. The Morgan fingerprint density at radius 2 is 1.64 bits per heavy atom. The number of nitrogens with zero attached hydrogens (tertiary/aromatic N) is 2. The molecule has 55 heavy (non-hydrogen) atoms. The van der Waals surface area contributed by atoms with Gasteiger partial charge in [-0.2, -0.15) is 0 Å². The van der Waals surface area contributed by atoms with Crippen LogP contribution in [0, 0.1) is 45.3 Å². The van der Waals surface area contributed by atoms with E-state index in [1.165, 1.54) is 13.3 Å². The average Bonchev–Trinajstić information content (AvgIpc) is 3.70. The van der Waals surface area contributed by atoms with E-state index in [0.717, 1.165) is 77.7 Å². The van der Waals surface area contributed by atoms with E-state index in [-0.39, 0.29) is 52.0 Å². The maximum Gasteiger partial charge on any atom is 0.410 e. The van der Waals surface area contributed by atoms with Crippen molar-refractivity contribution in [2.75, 3.05) is 39.3 Å². The summed E-state index contributed by atoms with van der Waals surface area (Å²) in [5.41, 5.74) is 5.23. The fourth-order valence-corrected chi connectivity index (χ4v) is 14.3. The minimum Gasteiger partial charge on any atom is -0.457 e. The Balaban J connectivity index is 0.920. The fourth-order valence-electron chi connectivity index (χ4n) is 14.3. The third kappa shape index (κ3) is 6.23. The molecule has 8 fully saturated rings. The molecule has 13 unspecified atom stereocenters. The molecule has 3 aliphatic heterocycles. The molecule has 12 heteroatoms. The zero-order valence-corrected chi connectivity index (χ0v) is 35.1. The van der Waals surface area contributed by atoms with Crippen LogP contribution in [0.5, 0.6) is 0 Å². The van der Waals surface area contributed by atoms with Crippen molar-refractivity contribution < 1.29 is 43.5 Å². The van der Waals surface area contributed by atoms with Gasteiger partial charge in [-0.15, -0.1) is 0 Å². The van der Waals surface area contributed by atoms with Crippen LogP contribution in [0.1, 0.15) is 120 Å². The quantitative estimate of drug-likeness (QED) is 0.304. The monoisotopic (exact) mass is 774 g/mol. The van der Waals surface area contributed by atoms with E-state index in [1.807, 2.05) is 20.8 Å². The summed E-state index contributed by atoms with van der Waals surface area (Å²) in [4.78, 5) is 28.8. The molecule has 1 amide bonds. The van der Waals surface area contributed by atoms with E-state index in [2.05, 4.69) is 25.7 Å². The number of amides is 1. The SMILES string of the molecule is CC(=O)OC(C1CCC2C(O1)C(O)C1(N)C3CCC4C(C)(C)C(OC5CN(CC6CN(C(=O)OC(C)(C)C)C6)CCO5)CCC45CC35CCC21C)C(C)(C)O. The Hall–Kier alpha value is -1.54. The van der Waals surface area contributed by atoms with Gasteiger partial charge in [0.15, 0.2) is 12.4 Å². The normalized spacial score (nSPS) is 45.9. The van der Waals surface area contributed by atoms with E-state index < -0.39 is 47.1 Å². The molecule has 12 nitrogen and oxygen atoms in total. The molecule has 13 atom stereocenters. The van der Waals surface area contributed by atoms with Crippen molar-refractivity contribution in [3.05, 3.63) is 0 Å². The van der Waals surface area contributed by atoms with Gasteiger partial charge in [-0.3, -0.25) is 9.69 Å². The van der Waals surface area contributed by atoms with Gasteiger partial charge in [0.2, 0.25) is 0 Å². The lowest BCUT2D eigenvalue weighted by atomic mass is 9.44. The molecule has 0 aromatic carbocycles. The molecule has 8 rings (SSSR count). The molecule has 8 aliphatic rings. The molecule has 0 aromatic heterocycles. The Labute approximate surface area is 328 Å². The number of carbonyl (C=O) groups excluding carboxylic acids is 2. The summed E-state index contributed by atoms with van der Waals surface area (Å²) in [6.45, 7) is 22.2. The summed E-state index contributed by atoms with van der Waals surface area (Å²) in [6, 6.07) is 0. The molecule has 0 radical (unpaired) electrons. The van der Waals surface area contributed by atoms with Gasteiger partial charge >= 0.3 is 12.1 Å². The van der Waals surface area contributed by atoms with Crippen molar-refractivity contribution in [3.63, 3.8) is 0 Å². The van der Waals surface area contributed by atoms with Crippen LogP contribution < -0.4 is 5.73 Å². The van der Waals surface area contributed by atoms with Crippen molar-refractivity contribution in [3.8, 4) is 0 Å². The van der Waals surface area contributed by atoms with Crippen molar-refractivity contribution in [1.29, 1.82) is 0 Å². The minimum absolute atomic E-state index is 0.0375. The Morgan fingerprint density at radius 1 is 0.945 bits per heavy atom. The number of nitrogens with two attached hydrogens (primary N) is 1. The lowest BCUT2D eigenvalue weighted by molar-refractivity contribution is -0.247.